The summed E-state index contributed by atoms with van der Waals surface area (Å²) in [5, 5.41) is 3.20. The first kappa shape index (κ1) is 22.1. The highest BCUT2D eigenvalue weighted by Crippen LogP contribution is 2.32. The largest absolute Gasteiger partial charge is 0.460 e. The summed E-state index contributed by atoms with van der Waals surface area (Å²) in [7, 11) is -3.92. The predicted octanol–water partition coefficient (Wildman–Crippen LogP) is 4.66. The summed E-state index contributed by atoms with van der Waals surface area (Å²) in [4.78, 5) is 25.7. The number of benzene rings is 3. The standard InChI is InChI=1S/C24H20N2O6S/c1-2-31-24(28)22-21(18-13-7-9-15-20(18)32-22)25-23(27)17-12-6-8-14-19(17)26-33(29,30)16-10-4-3-5-11-16/h3-15,26H,2H2,1H3,(H,25,27). The van der Waals surface area contributed by atoms with E-state index in [1.54, 1.807) is 61.5 Å². The lowest BCUT2D eigenvalue weighted by Gasteiger charge is -2.13. The Morgan fingerprint density at radius 2 is 1.58 bits per heavy atom. The molecule has 0 spiro atoms. The number of amides is 1. The van der Waals surface area contributed by atoms with Crippen molar-refractivity contribution < 1.29 is 27.2 Å². The molecule has 0 bridgehead atoms. The zero-order chi connectivity index (χ0) is 23.4. The number of hydrogen-bond acceptors (Lipinski definition) is 6. The molecule has 168 valence electrons. The molecule has 0 saturated carbocycles. The molecule has 1 heterocycles. The van der Waals surface area contributed by atoms with E-state index in [-0.39, 0.29) is 34.2 Å². The van der Waals surface area contributed by atoms with E-state index in [1.165, 1.54) is 24.3 Å². The van der Waals surface area contributed by atoms with Gasteiger partial charge in [0.2, 0.25) is 5.76 Å². The molecule has 8 nitrogen and oxygen atoms in total. The summed E-state index contributed by atoms with van der Waals surface area (Å²) in [5.41, 5.74) is 0.699. The molecule has 0 aliphatic heterocycles. The zero-order valence-corrected chi connectivity index (χ0v) is 18.4. The Kier molecular flexibility index (Phi) is 6.14. The van der Waals surface area contributed by atoms with Crippen LogP contribution in [0.15, 0.2) is 88.2 Å². The van der Waals surface area contributed by atoms with Crippen LogP contribution < -0.4 is 10.0 Å². The molecule has 2 N–H and O–H groups in total. The zero-order valence-electron chi connectivity index (χ0n) is 17.6. The molecule has 9 heteroatoms. The highest BCUT2D eigenvalue weighted by atomic mass is 32.2. The maximum atomic E-state index is 13.2. The molecule has 0 aliphatic rings. The Bertz CT molecular complexity index is 1430. The average molecular weight is 464 g/mol. The normalized spacial score (nSPS) is 11.2. The van der Waals surface area contributed by atoms with Gasteiger partial charge in [0, 0.05) is 5.39 Å². The van der Waals surface area contributed by atoms with Crippen LogP contribution in [0.5, 0.6) is 0 Å². The number of esters is 1. The lowest BCUT2D eigenvalue weighted by Crippen LogP contribution is -2.19. The third-order valence-electron chi connectivity index (χ3n) is 4.76. The van der Waals surface area contributed by atoms with Gasteiger partial charge in [0.25, 0.3) is 15.9 Å². The van der Waals surface area contributed by atoms with Gasteiger partial charge in [-0.3, -0.25) is 9.52 Å². The van der Waals surface area contributed by atoms with Gasteiger partial charge in [0.15, 0.2) is 0 Å². The lowest BCUT2D eigenvalue weighted by atomic mass is 10.1. The first-order valence-corrected chi connectivity index (χ1v) is 11.6. The fourth-order valence-electron chi connectivity index (χ4n) is 3.26. The van der Waals surface area contributed by atoms with Gasteiger partial charge in [-0.25, -0.2) is 13.2 Å². The number of carbonyl (C=O) groups excluding carboxylic acids is 2. The fourth-order valence-corrected chi connectivity index (χ4v) is 4.37. The quantitative estimate of drug-likeness (QED) is 0.384. The Labute approximate surface area is 190 Å². The number of nitrogens with one attached hydrogen (secondary N) is 2. The van der Waals surface area contributed by atoms with Gasteiger partial charge in [-0.2, -0.15) is 0 Å². The third-order valence-corrected chi connectivity index (χ3v) is 6.15. The summed E-state index contributed by atoms with van der Waals surface area (Å²) in [5.74, 6) is -1.49. The second kappa shape index (κ2) is 9.17. The van der Waals surface area contributed by atoms with E-state index < -0.39 is 21.9 Å². The van der Waals surface area contributed by atoms with Crippen molar-refractivity contribution in [2.45, 2.75) is 11.8 Å². The summed E-state index contributed by atoms with van der Waals surface area (Å²) < 4.78 is 38.7. The number of sulfonamides is 1. The lowest BCUT2D eigenvalue weighted by molar-refractivity contribution is 0.0494. The molecule has 33 heavy (non-hydrogen) atoms. The monoisotopic (exact) mass is 464 g/mol. The predicted molar refractivity (Wildman–Crippen MR) is 124 cm³/mol. The van der Waals surface area contributed by atoms with Crippen LogP contribution in [0.25, 0.3) is 11.0 Å². The molecule has 4 rings (SSSR count). The second-order valence-electron chi connectivity index (χ2n) is 6.94. The van der Waals surface area contributed by atoms with Gasteiger partial charge in [-0.1, -0.05) is 42.5 Å². The number of furan rings is 1. The molecule has 0 fully saturated rings. The Balaban J connectivity index is 1.69. The smallest absolute Gasteiger partial charge is 0.376 e. The molecule has 0 atom stereocenters. The minimum atomic E-state index is -3.92. The first-order chi connectivity index (χ1) is 15.9. The summed E-state index contributed by atoms with van der Waals surface area (Å²) in [6.45, 7) is 1.79. The van der Waals surface area contributed by atoms with E-state index in [1.807, 2.05) is 0 Å². The topological polar surface area (TPSA) is 115 Å². The molecule has 0 radical (unpaired) electrons. The van der Waals surface area contributed by atoms with Gasteiger partial charge in [0.1, 0.15) is 11.3 Å². The van der Waals surface area contributed by atoms with Gasteiger partial charge >= 0.3 is 5.97 Å². The van der Waals surface area contributed by atoms with Crippen LogP contribution in [0.1, 0.15) is 27.8 Å². The van der Waals surface area contributed by atoms with Crippen molar-refractivity contribution in [1.82, 2.24) is 0 Å². The second-order valence-corrected chi connectivity index (χ2v) is 8.62. The van der Waals surface area contributed by atoms with E-state index >= 15 is 0 Å². The number of ether oxygens (including phenoxy) is 1. The Hall–Kier alpha value is -4.11. The SMILES string of the molecule is CCOC(=O)c1oc2ccccc2c1NC(=O)c1ccccc1NS(=O)(=O)c1ccccc1. The van der Waals surface area contributed by atoms with Crippen LogP contribution in [0.3, 0.4) is 0 Å². The molecule has 4 aromatic rings. The minimum absolute atomic E-state index is 0.0608. The summed E-state index contributed by atoms with van der Waals surface area (Å²) in [6, 6.07) is 20.8. The van der Waals surface area contributed by atoms with E-state index in [0.717, 1.165) is 0 Å². The number of carbonyl (C=O) groups is 2. The van der Waals surface area contributed by atoms with Crippen molar-refractivity contribution in [3.8, 4) is 0 Å². The van der Waals surface area contributed by atoms with Crippen molar-refractivity contribution >= 4 is 44.2 Å². The highest BCUT2D eigenvalue weighted by Gasteiger charge is 2.25. The highest BCUT2D eigenvalue weighted by molar-refractivity contribution is 7.92. The number of rotatable bonds is 7. The maximum Gasteiger partial charge on any atom is 0.376 e. The Morgan fingerprint density at radius 3 is 2.33 bits per heavy atom. The number of anilines is 2. The number of hydrogen-bond donors (Lipinski definition) is 2. The van der Waals surface area contributed by atoms with Gasteiger partial charge in [-0.05, 0) is 43.3 Å². The van der Waals surface area contributed by atoms with Crippen molar-refractivity contribution in [2.24, 2.45) is 0 Å². The molecule has 0 saturated heterocycles. The molecule has 1 amide bonds. The molecular formula is C24H20N2O6S. The average Bonchev–Trinajstić information content (AvgIpc) is 3.18. The fraction of sp³-hybridized carbons (Fsp3) is 0.0833. The molecule has 1 aromatic heterocycles. The van der Waals surface area contributed by atoms with E-state index in [4.69, 9.17) is 9.15 Å². The third kappa shape index (κ3) is 4.58. The van der Waals surface area contributed by atoms with Crippen LogP contribution in [0.2, 0.25) is 0 Å². The van der Waals surface area contributed by atoms with E-state index in [9.17, 15) is 18.0 Å². The van der Waals surface area contributed by atoms with Crippen molar-refractivity contribution in [2.75, 3.05) is 16.6 Å². The maximum absolute atomic E-state index is 13.2. The van der Waals surface area contributed by atoms with Crippen LogP contribution in [-0.4, -0.2) is 26.9 Å². The van der Waals surface area contributed by atoms with Gasteiger partial charge in [0.05, 0.1) is 22.8 Å². The van der Waals surface area contributed by atoms with Crippen molar-refractivity contribution in [1.29, 1.82) is 0 Å². The molecule has 0 unspecified atom stereocenters. The van der Waals surface area contributed by atoms with Crippen molar-refractivity contribution in [3.05, 3.63) is 90.2 Å². The Morgan fingerprint density at radius 1 is 0.909 bits per heavy atom. The number of fused-ring (bicyclic) bond motifs is 1. The van der Waals surface area contributed by atoms with Gasteiger partial charge < -0.3 is 14.5 Å². The summed E-state index contributed by atoms with van der Waals surface area (Å²) >= 11 is 0. The van der Waals surface area contributed by atoms with Crippen LogP contribution in [0, 0.1) is 0 Å². The van der Waals surface area contributed by atoms with Gasteiger partial charge in [-0.15, -0.1) is 0 Å². The van der Waals surface area contributed by atoms with E-state index in [0.29, 0.717) is 11.0 Å². The molecule has 3 aromatic carbocycles. The minimum Gasteiger partial charge on any atom is -0.460 e. The number of para-hydroxylation sites is 2. The molecular weight excluding hydrogens is 444 g/mol. The van der Waals surface area contributed by atoms with Crippen LogP contribution in [-0.2, 0) is 14.8 Å². The molecule has 0 aliphatic carbocycles. The van der Waals surface area contributed by atoms with E-state index in [2.05, 4.69) is 10.0 Å². The van der Waals surface area contributed by atoms with Crippen molar-refractivity contribution in [3.63, 3.8) is 0 Å². The van der Waals surface area contributed by atoms with Crippen LogP contribution >= 0.6 is 0 Å². The van der Waals surface area contributed by atoms with Crippen LogP contribution in [0.4, 0.5) is 11.4 Å². The first-order valence-electron chi connectivity index (χ1n) is 10.1. The summed E-state index contributed by atoms with van der Waals surface area (Å²) in [6.07, 6.45) is 0.